The van der Waals surface area contributed by atoms with Crippen LogP contribution in [0.3, 0.4) is 0 Å². The molecule has 146 valence electrons. The van der Waals surface area contributed by atoms with Gasteiger partial charge in [0.15, 0.2) is 0 Å². The minimum atomic E-state index is -1.09. The summed E-state index contributed by atoms with van der Waals surface area (Å²) in [4.78, 5) is 26.6. The van der Waals surface area contributed by atoms with Crippen LogP contribution in [0.1, 0.15) is 6.42 Å². The first-order chi connectivity index (χ1) is 13.3. The van der Waals surface area contributed by atoms with Crippen molar-refractivity contribution in [3.63, 3.8) is 0 Å². The number of rotatable bonds is 2. The van der Waals surface area contributed by atoms with Crippen LogP contribution in [-0.4, -0.2) is 33.6 Å². The summed E-state index contributed by atoms with van der Waals surface area (Å²) in [6, 6.07) is 5.69. The standard InChI is InChI=1S/C18H15ClF2N4O3/c19-12-5-10(1-2-13(12)20)24-15-7-16(23-4-3-9(22)8-23)14(21)6-11(15)17(26)25(28)18(24)27/h1-2,5-7,9,28H,3-4,8,22H2. The summed E-state index contributed by atoms with van der Waals surface area (Å²) in [5.41, 5.74) is 4.08. The summed E-state index contributed by atoms with van der Waals surface area (Å²) < 4.78 is 29.1. The van der Waals surface area contributed by atoms with Crippen molar-refractivity contribution in [1.82, 2.24) is 9.30 Å². The Bertz CT molecular complexity index is 1220. The van der Waals surface area contributed by atoms with Crippen LogP contribution < -0.4 is 21.9 Å². The van der Waals surface area contributed by atoms with Gasteiger partial charge >= 0.3 is 5.69 Å². The minimum Gasteiger partial charge on any atom is -0.421 e. The van der Waals surface area contributed by atoms with E-state index in [1.54, 1.807) is 4.90 Å². The topological polar surface area (TPSA) is 93.5 Å². The van der Waals surface area contributed by atoms with Gasteiger partial charge in [-0.05, 0) is 36.8 Å². The zero-order valence-corrected chi connectivity index (χ0v) is 15.2. The third-order valence-electron chi connectivity index (χ3n) is 4.83. The summed E-state index contributed by atoms with van der Waals surface area (Å²) >= 11 is 5.81. The second-order valence-electron chi connectivity index (χ2n) is 6.65. The van der Waals surface area contributed by atoms with Crippen molar-refractivity contribution in [2.24, 2.45) is 5.73 Å². The van der Waals surface area contributed by atoms with Crippen molar-refractivity contribution >= 4 is 28.2 Å². The number of halogens is 3. The second kappa shape index (κ2) is 6.61. The first-order valence-corrected chi connectivity index (χ1v) is 8.82. The molecule has 2 aromatic carbocycles. The summed E-state index contributed by atoms with van der Waals surface area (Å²) in [6.07, 6.45) is 0.677. The molecule has 4 rings (SSSR count). The van der Waals surface area contributed by atoms with Gasteiger partial charge in [0, 0.05) is 19.1 Å². The largest absolute Gasteiger partial charge is 0.421 e. The fraction of sp³-hybridized carbons (Fsp3) is 0.222. The van der Waals surface area contributed by atoms with Gasteiger partial charge in [-0.1, -0.05) is 16.3 Å². The Morgan fingerprint density at radius 1 is 1.14 bits per heavy atom. The van der Waals surface area contributed by atoms with Gasteiger partial charge in [0.25, 0.3) is 5.56 Å². The fourth-order valence-corrected chi connectivity index (χ4v) is 3.60. The highest BCUT2D eigenvalue weighted by Gasteiger charge is 2.24. The zero-order chi connectivity index (χ0) is 20.2. The van der Waals surface area contributed by atoms with E-state index >= 15 is 0 Å². The zero-order valence-electron chi connectivity index (χ0n) is 14.4. The van der Waals surface area contributed by atoms with Crippen LogP contribution in [0.4, 0.5) is 14.5 Å². The average Bonchev–Trinajstić information content (AvgIpc) is 3.09. The molecule has 3 N–H and O–H groups in total. The van der Waals surface area contributed by atoms with Gasteiger partial charge in [-0.3, -0.25) is 9.36 Å². The van der Waals surface area contributed by atoms with Crippen LogP contribution in [0.2, 0.25) is 5.02 Å². The molecule has 0 saturated carbocycles. The highest BCUT2D eigenvalue weighted by molar-refractivity contribution is 6.30. The molecule has 0 aliphatic carbocycles. The predicted octanol–water partition coefficient (Wildman–Crippen LogP) is 1.86. The second-order valence-corrected chi connectivity index (χ2v) is 7.06. The Labute approximate surface area is 161 Å². The lowest BCUT2D eigenvalue weighted by Crippen LogP contribution is -2.38. The normalized spacial score (nSPS) is 16.9. The number of fused-ring (bicyclic) bond motifs is 1. The number of hydrogen-bond donors (Lipinski definition) is 2. The van der Waals surface area contributed by atoms with E-state index in [9.17, 15) is 23.6 Å². The van der Waals surface area contributed by atoms with Gasteiger partial charge in [0.05, 0.1) is 27.3 Å². The molecule has 1 saturated heterocycles. The molecular formula is C18H15ClF2N4O3. The first-order valence-electron chi connectivity index (χ1n) is 8.44. The van der Waals surface area contributed by atoms with Gasteiger partial charge in [-0.15, -0.1) is 0 Å². The van der Waals surface area contributed by atoms with Crippen LogP contribution in [0.25, 0.3) is 16.6 Å². The SMILES string of the molecule is NC1CCN(c2cc3c(cc2F)c(=O)n(O)c(=O)n3-c2ccc(F)c(Cl)c2)C1. The Kier molecular flexibility index (Phi) is 4.35. The van der Waals surface area contributed by atoms with Gasteiger partial charge in [-0.2, -0.15) is 0 Å². The maximum atomic E-state index is 14.7. The molecule has 0 spiro atoms. The molecule has 3 aromatic rings. The number of hydrogen-bond acceptors (Lipinski definition) is 5. The average molecular weight is 409 g/mol. The molecule has 1 atom stereocenters. The van der Waals surface area contributed by atoms with Crippen molar-refractivity contribution < 1.29 is 14.0 Å². The van der Waals surface area contributed by atoms with E-state index in [1.807, 2.05) is 0 Å². The lowest BCUT2D eigenvalue weighted by molar-refractivity contribution is 0.160. The number of nitrogens with zero attached hydrogens (tertiary/aromatic N) is 3. The molecule has 1 fully saturated rings. The van der Waals surface area contributed by atoms with Crippen LogP contribution >= 0.6 is 11.6 Å². The smallest absolute Gasteiger partial charge is 0.369 e. The molecule has 1 unspecified atom stereocenters. The predicted molar refractivity (Wildman–Crippen MR) is 101 cm³/mol. The molecule has 1 aliphatic heterocycles. The van der Waals surface area contributed by atoms with E-state index < -0.39 is 22.9 Å². The Hall–Kier alpha value is -2.91. The Morgan fingerprint density at radius 3 is 2.54 bits per heavy atom. The van der Waals surface area contributed by atoms with Crippen LogP contribution in [0.15, 0.2) is 39.9 Å². The van der Waals surface area contributed by atoms with Gasteiger partial charge in [-0.25, -0.2) is 13.6 Å². The molecular weight excluding hydrogens is 394 g/mol. The van der Waals surface area contributed by atoms with Crippen LogP contribution in [-0.2, 0) is 0 Å². The summed E-state index contributed by atoms with van der Waals surface area (Å²) in [5, 5.41) is 9.43. The van der Waals surface area contributed by atoms with Crippen molar-refractivity contribution in [2.45, 2.75) is 12.5 Å². The number of anilines is 1. The quantitative estimate of drug-likeness (QED) is 0.631. The summed E-state index contributed by atoms with van der Waals surface area (Å²) in [7, 11) is 0. The highest BCUT2D eigenvalue weighted by Crippen LogP contribution is 2.28. The van der Waals surface area contributed by atoms with Crippen LogP contribution in [0.5, 0.6) is 0 Å². The third kappa shape index (κ3) is 2.83. The van der Waals surface area contributed by atoms with Gasteiger partial charge in [0.2, 0.25) is 0 Å². The Balaban J connectivity index is 2.06. The molecule has 1 aromatic heterocycles. The molecule has 0 radical (unpaired) electrons. The van der Waals surface area contributed by atoms with Crippen molar-refractivity contribution in [3.8, 4) is 5.69 Å². The lowest BCUT2D eigenvalue weighted by Gasteiger charge is -2.20. The molecule has 10 heteroatoms. The van der Waals surface area contributed by atoms with E-state index in [1.165, 1.54) is 18.2 Å². The van der Waals surface area contributed by atoms with E-state index in [2.05, 4.69) is 0 Å². The molecule has 28 heavy (non-hydrogen) atoms. The molecule has 2 heterocycles. The van der Waals surface area contributed by atoms with Crippen LogP contribution in [0, 0.1) is 11.6 Å². The van der Waals surface area contributed by atoms with E-state index in [-0.39, 0.29) is 38.1 Å². The van der Waals surface area contributed by atoms with Gasteiger partial charge in [0.1, 0.15) is 11.6 Å². The lowest BCUT2D eigenvalue weighted by atomic mass is 10.2. The van der Waals surface area contributed by atoms with Gasteiger partial charge < -0.3 is 15.8 Å². The highest BCUT2D eigenvalue weighted by atomic mass is 35.5. The van der Waals surface area contributed by atoms with Crippen molar-refractivity contribution in [3.05, 3.63) is 67.8 Å². The van der Waals surface area contributed by atoms with Crippen molar-refractivity contribution in [1.29, 1.82) is 0 Å². The first kappa shape index (κ1) is 18.5. The molecule has 0 bridgehead atoms. The summed E-state index contributed by atoms with van der Waals surface area (Å²) in [6.45, 7) is 0.944. The number of aromatic nitrogens is 2. The van der Waals surface area contributed by atoms with Crippen molar-refractivity contribution in [2.75, 3.05) is 18.0 Å². The monoisotopic (exact) mass is 408 g/mol. The molecule has 0 amide bonds. The number of benzene rings is 2. The maximum Gasteiger partial charge on any atom is 0.369 e. The van der Waals surface area contributed by atoms with E-state index in [0.717, 1.165) is 16.7 Å². The van der Waals surface area contributed by atoms with E-state index in [0.29, 0.717) is 19.5 Å². The maximum absolute atomic E-state index is 14.7. The minimum absolute atomic E-state index is 0.0554. The third-order valence-corrected chi connectivity index (χ3v) is 5.12. The van der Waals surface area contributed by atoms with E-state index in [4.69, 9.17) is 17.3 Å². The fourth-order valence-electron chi connectivity index (χ4n) is 3.43. The Morgan fingerprint density at radius 2 is 1.89 bits per heavy atom. The molecule has 1 aliphatic rings. The molecule has 7 nitrogen and oxygen atoms in total. The summed E-state index contributed by atoms with van der Waals surface area (Å²) in [5.74, 6) is -1.38. The number of nitrogens with two attached hydrogens (primary N) is 1.